The molecule has 1 aliphatic heterocycles. The van der Waals surface area contributed by atoms with Gasteiger partial charge in [0, 0.05) is 13.1 Å². The van der Waals surface area contributed by atoms with Gasteiger partial charge in [0.25, 0.3) is 5.91 Å². The Labute approximate surface area is 194 Å². The predicted octanol–water partition coefficient (Wildman–Crippen LogP) is 2.63. The van der Waals surface area contributed by atoms with Crippen LogP contribution in [0.5, 0.6) is 0 Å². The molecule has 2 aromatic carbocycles. The number of nitrogens with zero attached hydrogens (tertiary/aromatic N) is 2. The zero-order valence-corrected chi connectivity index (χ0v) is 19.1. The summed E-state index contributed by atoms with van der Waals surface area (Å²) in [6.07, 6.45) is 2.70. The van der Waals surface area contributed by atoms with Crippen molar-refractivity contribution in [1.29, 1.82) is 0 Å². The van der Waals surface area contributed by atoms with Crippen molar-refractivity contribution in [2.75, 3.05) is 6.54 Å². The van der Waals surface area contributed by atoms with E-state index in [-0.39, 0.29) is 24.3 Å². The molecule has 1 N–H and O–H groups in total. The molecule has 172 valence electrons. The van der Waals surface area contributed by atoms with Crippen LogP contribution in [0.15, 0.2) is 66.9 Å². The number of aldehydes is 1. The lowest BCUT2D eigenvalue weighted by Gasteiger charge is -2.40. The van der Waals surface area contributed by atoms with Crippen molar-refractivity contribution >= 4 is 29.7 Å². The zero-order chi connectivity index (χ0) is 24.0. The fourth-order valence-corrected chi connectivity index (χ4v) is 3.97. The molecule has 0 aromatic heterocycles. The maximum Gasteiger partial charge on any atom is 0.250 e. The standard InChI is InChI=1S/C26H29N3O4/c1-18(2)25-26(33)29(23(15-28(25)19(3)31)21-12-8-5-9-13-21)16-24(32)27-22(17-30)14-20-10-6-4-7-11-20/h4-13,15,17-18,22,25H,14,16H2,1-3H3,(H,27,32)/t22-,25-/m0/s1. The summed E-state index contributed by atoms with van der Waals surface area (Å²) in [4.78, 5) is 53.2. The number of carbonyl (C=O) groups excluding carboxylic acids is 4. The van der Waals surface area contributed by atoms with Crippen LogP contribution in [0.1, 0.15) is 31.9 Å². The second-order valence-corrected chi connectivity index (χ2v) is 8.42. The van der Waals surface area contributed by atoms with Crippen LogP contribution in [0.4, 0.5) is 0 Å². The van der Waals surface area contributed by atoms with E-state index in [9.17, 15) is 19.2 Å². The van der Waals surface area contributed by atoms with Crippen molar-refractivity contribution in [3.05, 3.63) is 78.0 Å². The molecule has 0 fully saturated rings. The van der Waals surface area contributed by atoms with Gasteiger partial charge in [0.1, 0.15) is 18.9 Å². The third kappa shape index (κ3) is 5.74. The molecule has 0 saturated heterocycles. The zero-order valence-electron chi connectivity index (χ0n) is 19.1. The molecule has 33 heavy (non-hydrogen) atoms. The Morgan fingerprint density at radius 3 is 2.18 bits per heavy atom. The van der Waals surface area contributed by atoms with Gasteiger partial charge >= 0.3 is 0 Å². The average Bonchev–Trinajstić information content (AvgIpc) is 2.80. The second-order valence-electron chi connectivity index (χ2n) is 8.42. The highest BCUT2D eigenvalue weighted by Crippen LogP contribution is 2.29. The Morgan fingerprint density at radius 2 is 1.64 bits per heavy atom. The third-order valence-corrected chi connectivity index (χ3v) is 5.55. The van der Waals surface area contributed by atoms with Gasteiger partial charge in [-0.2, -0.15) is 0 Å². The molecule has 2 atom stereocenters. The van der Waals surface area contributed by atoms with Crippen LogP contribution in [-0.4, -0.2) is 52.4 Å². The summed E-state index contributed by atoms with van der Waals surface area (Å²) in [7, 11) is 0. The van der Waals surface area contributed by atoms with Crippen LogP contribution in [-0.2, 0) is 25.6 Å². The molecule has 0 bridgehead atoms. The maximum atomic E-state index is 13.5. The number of hydrogen-bond donors (Lipinski definition) is 1. The minimum atomic E-state index is -0.714. The van der Waals surface area contributed by atoms with Crippen molar-refractivity contribution in [1.82, 2.24) is 15.1 Å². The van der Waals surface area contributed by atoms with Gasteiger partial charge in [-0.3, -0.25) is 19.3 Å². The van der Waals surface area contributed by atoms with E-state index in [1.165, 1.54) is 16.7 Å². The Hall–Kier alpha value is -3.74. The summed E-state index contributed by atoms with van der Waals surface area (Å²) < 4.78 is 0. The normalized spacial score (nSPS) is 16.9. The molecule has 1 heterocycles. The summed E-state index contributed by atoms with van der Waals surface area (Å²) in [5.41, 5.74) is 2.10. The lowest BCUT2D eigenvalue weighted by Crippen LogP contribution is -2.56. The minimum absolute atomic E-state index is 0.152. The first-order valence-electron chi connectivity index (χ1n) is 11.0. The third-order valence-electron chi connectivity index (χ3n) is 5.55. The van der Waals surface area contributed by atoms with Crippen LogP contribution in [0.2, 0.25) is 0 Å². The highest BCUT2D eigenvalue weighted by Gasteiger charge is 2.40. The van der Waals surface area contributed by atoms with E-state index in [2.05, 4.69) is 5.32 Å². The summed E-state index contributed by atoms with van der Waals surface area (Å²) in [6.45, 7) is 4.89. The van der Waals surface area contributed by atoms with E-state index in [1.807, 2.05) is 74.5 Å². The van der Waals surface area contributed by atoms with Crippen molar-refractivity contribution in [3.63, 3.8) is 0 Å². The van der Waals surface area contributed by atoms with Gasteiger partial charge in [-0.1, -0.05) is 74.5 Å². The highest BCUT2D eigenvalue weighted by molar-refractivity contribution is 5.99. The first kappa shape index (κ1) is 23.9. The van der Waals surface area contributed by atoms with Gasteiger partial charge in [0.05, 0.1) is 11.7 Å². The second kappa shape index (κ2) is 10.7. The SMILES string of the molecule is CC(=O)N1C=C(c2ccccc2)N(CC(=O)N[C@H](C=O)Cc2ccccc2)C(=O)[C@@H]1C(C)C. The summed E-state index contributed by atoms with van der Waals surface area (Å²) >= 11 is 0. The molecule has 0 aliphatic carbocycles. The Kier molecular flexibility index (Phi) is 7.77. The molecule has 1 aliphatic rings. The average molecular weight is 448 g/mol. The fourth-order valence-electron chi connectivity index (χ4n) is 3.97. The molecule has 3 rings (SSSR count). The molecule has 7 nitrogen and oxygen atoms in total. The van der Waals surface area contributed by atoms with E-state index < -0.39 is 18.0 Å². The number of rotatable bonds is 8. The topological polar surface area (TPSA) is 86.8 Å². The largest absolute Gasteiger partial charge is 0.345 e. The molecule has 3 amide bonds. The molecular weight excluding hydrogens is 418 g/mol. The number of nitrogens with one attached hydrogen (secondary N) is 1. The number of amides is 3. The Morgan fingerprint density at radius 1 is 1.03 bits per heavy atom. The van der Waals surface area contributed by atoms with Gasteiger partial charge in [0.2, 0.25) is 11.8 Å². The number of hydrogen-bond acceptors (Lipinski definition) is 4. The molecule has 0 saturated carbocycles. The van der Waals surface area contributed by atoms with Gasteiger partial charge in [-0.15, -0.1) is 0 Å². The lowest BCUT2D eigenvalue weighted by atomic mass is 9.97. The Bertz CT molecular complexity index is 1030. The van der Waals surface area contributed by atoms with E-state index in [0.29, 0.717) is 24.0 Å². The first-order chi connectivity index (χ1) is 15.8. The van der Waals surface area contributed by atoms with Crippen LogP contribution in [0, 0.1) is 5.92 Å². The van der Waals surface area contributed by atoms with Gasteiger partial charge in [0.15, 0.2) is 0 Å². The van der Waals surface area contributed by atoms with E-state index in [0.717, 1.165) is 5.56 Å². The summed E-state index contributed by atoms with van der Waals surface area (Å²) in [6, 6.07) is 17.1. The fraction of sp³-hybridized carbons (Fsp3) is 0.308. The first-order valence-corrected chi connectivity index (χ1v) is 11.0. The number of carbonyl (C=O) groups is 4. The monoisotopic (exact) mass is 447 g/mol. The maximum absolute atomic E-state index is 13.5. The van der Waals surface area contributed by atoms with Gasteiger partial charge < -0.3 is 15.0 Å². The van der Waals surface area contributed by atoms with Crippen LogP contribution < -0.4 is 5.32 Å². The van der Waals surface area contributed by atoms with E-state index >= 15 is 0 Å². The van der Waals surface area contributed by atoms with Crippen molar-refractivity contribution in [3.8, 4) is 0 Å². The number of benzene rings is 2. The molecule has 0 unspecified atom stereocenters. The molecule has 0 spiro atoms. The quantitative estimate of drug-likeness (QED) is 0.631. The predicted molar refractivity (Wildman–Crippen MR) is 125 cm³/mol. The van der Waals surface area contributed by atoms with Gasteiger partial charge in [-0.05, 0) is 23.5 Å². The van der Waals surface area contributed by atoms with Crippen molar-refractivity contribution in [2.45, 2.75) is 39.3 Å². The van der Waals surface area contributed by atoms with Crippen LogP contribution >= 0.6 is 0 Å². The van der Waals surface area contributed by atoms with Crippen molar-refractivity contribution < 1.29 is 19.2 Å². The van der Waals surface area contributed by atoms with Gasteiger partial charge in [-0.25, -0.2) is 0 Å². The van der Waals surface area contributed by atoms with Crippen LogP contribution in [0.3, 0.4) is 0 Å². The van der Waals surface area contributed by atoms with E-state index in [4.69, 9.17) is 0 Å². The Balaban J connectivity index is 1.87. The van der Waals surface area contributed by atoms with Crippen LogP contribution in [0.25, 0.3) is 5.70 Å². The highest BCUT2D eigenvalue weighted by atomic mass is 16.2. The molecule has 2 aromatic rings. The van der Waals surface area contributed by atoms with E-state index in [1.54, 1.807) is 6.20 Å². The summed E-state index contributed by atoms with van der Waals surface area (Å²) in [5.74, 6) is -1.18. The smallest absolute Gasteiger partial charge is 0.250 e. The van der Waals surface area contributed by atoms with Crippen molar-refractivity contribution in [2.24, 2.45) is 5.92 Å². The molecular formula is C26H29N3O4. The minimum Gasteiger partial charge on any atom is -0.345 e. The lowest BCUT2D eigenvalue weighted by molar-refractivity contribution is -0.144. The molecule has 0 radical (unpaired) electrons. The molecule has 7 heteroatoms. The summed E-state index contributed by atoms with van der Waals surface area (Å²) in [5, 5.41) is 2.72.